The normalized spacial score (nSPS) is 14.8. The molecule has 9 heteroatoms. The molecule has 0 spiro atoms. The second kappa shape index (κ2) is 32.9. The van der Waals surface area contributed by atoms with Gasteiger partial charge in [0.25, 0.3) is 7.82 Å². The first kappa shape index (κ1) is 48.0. The van der Waals surface area contributed by atoms with Gasteiger partial charge in [-0.05, 0) is 19.3 Å². The molecule has 1 amide bonds. The number of aliphatic hydroxyl groups is 1. The van der Waals surface area contributed by atoms with Gasteiger partial charge < -0.3 is 28.8 Å². The largest absolute Gasteiger partial charge is 0.756 e. The summed E-state index contributed by atoms with van der Waals surface area (Å²) < 4.78 is 23.0. The molecule has 0 aliphatic carbocycles. The van der Waals surface area contributed by atoms with E-state index in [1.54, 1.807) is 12.2 Å². The van der Waals surface area contributed by atoms with Gasteiger partial charge in [0.15, 0.2) is 0 Å². The molecule has 1 unspecified atom stereocenters. The van der Waals surface area contributed by atoms with Crippen LogP contribution in [0.3, 0.4) is 0 Å². The number of quaternary nitrogens is 1. The molecule has 0 saturated heterocycles. The van der Waals surface area contributed by atoms with Gasteiger partial charge in [-0.15, -0.1) is 0 Å². The number of phosphoric acid groups is 1. The molecule has 0 rings (SSSR count). The fraction of sp³-hybridized carbons (Fsp3) is 0.875. The van der Waals surface area contributed by atoms with Gasteiger partial charge in [0.2, 0.25) is 5.91 Å². The molecule has 0 heterocycles. The van der Waals surface area contributed by atoms with Gasteiger partial charge in [-0.2, -0.15) is 0 Å². The molecule has 0 saturated carbocycles. The molecule has 0 bridgehead atoms. The smallest absolute Gasteiger partial charge is 0.268 e. The number of nitrogens with one attached hydrogen (secondary N) is 1. The molecule has 0 aromatic rings. The Hall–Kier alpha value is -1.02. The summed E-state index contributed by atoms with van der Waals surface area (Å²) in [5.41, 5.74) is 0. The van der Waals surface area contributed by atoms with E-state index in [1.807, 2.05) is 27.2 Å². The maximum atomic E-state index is 12.8. The van der Waals surface area contributed by atoms with Crippen molar-refractivity contribution < 1.29 is 32.9 Å². The van der Waals surface area contributed by atoms with E-state index in [9.17, 15) is 19.4 Å². The van der Waals surface area contributed by atoms with E-state index in [-0.39, 0.29) is 12.5 Å². The van der Waals surface area contributed by atoms with Crippen molar-refractivity contribution in [2.75, 3.05) is 40.9 Å². The topological polar surface area (TPSA) is 108 Å². The zero-order valence-electron chi connectivity index (χ0n) is 32.6. The van der Waals surface area contributed by atoms with Crippen LogP contribution in [0.15, 0.2) is 24.3 Å². The Bertz CT molecular complexity index is 860. The lowest BCUT2D eigenvalue weighted by Gasteiger charge is -2.29. The van der Waals surface area contributed by atoms with Crippen molar-refractivity contribution in [3.63, 3.8) is 0 Å². The van der Waals surface area contributed by atoms with Crippen LogP contribution in [0.1, 0.15) is 174 Å². The lowest BCUT2D eigenvalue weighted by atomic mass is 10.0. The second-order valence-corrected chi connectivity index (χ2v) is 16.4. The number of allylic oxidation sites excluding steroid dienone is 3. The quantitative estimate of drug-likeness (QED) is 0.0290. The van der Waals surface area contributed by atoms with Gasteiger partial charge in [-0.25, -0.2) is 0 Å². The number of unbranched alkanes of at least 4 members (excludes halogenated alkanes) is 22. The number of amides is 1. The predicted molar refractivity (Wildman–Crippen MR) is 205 cm³/mol. The SMILES string of the molecule is CCCCCCC/C=C/C=C/[C@@H](O)[C@H](COP(=O)([O-])OCC[N+](C)(C)C)NC(=O)CCCCCCCCCCCCCCCCCCCC. The van der Waals surface area contributed by atoms with Crippen LogP contribution in [0.25, 0.3) is 0 Å². The van der Waals surface area contributed by atoms with E-state index in [4.69, 9.17) is 9.05 Å². The Morgan fingerprint density at radius 1 is 0.714 bits per heavy atom. The average Bonchev–Trinajstić information content (AvgIpc) is 3.04. The van der Waals surface area contributed by atoms with E-state index >= 15 is 0 Å². The summed E-state index contributed by atoms with van der Waals surface area (Å²) >= 11 is 0. The Kier molecular flexibility index (Phi) is 32.2. The van der Waals surface area contributed by atoms with Crippen LogP contribution in [0.5, 0.6) is 0 Å². The number of carbonyl (C=O) groups excluding carboxylic acids is 1. The first-order valence-electron chi connectivity index (χ1n) is 20.2. The van der Waals surface area contributed by atoms with Gasteiger partial charge >= 0.3 is 0 Å². The minimum Gasteiger partial charge on any atom is -0.756 e. The van der Waals surface area contributed by atoms with Crippen molar-refractivity contribution in [2.45, 2.75) is 187 Å². The summed E-state index contributed by atoms with van der Waals surface area (Å²) in [6.45, 7) is 4.56. The lowest BCUT2D eigenvalue weighted by molar-refractivity contribution is -0.870. The fourth-order valence-corrected chi connectivity index (χ4v) is 6.40. The Labute approximate surface area is 303 Å². The minimum atomic E-state index is -4.59. The molecule has 2 N–H and O–H groups in total. The first-order chi connectivity index (χ1) is 23.5. The van der Waals surface area contributed by atoms with Gasteiger partial charge in [-0.1, -0.05) is 173 Å². The van der Waals surface area contributed by atoms with E-state index < -0.39 is 26.6 Å². The van der Waals surface area contributed by atoms with Crippen molar-refractivity contribution in [3.05, 3.63) is 24.3 Å². The van der Waals surface area contributed by atoms with Crippen LogP contribution in [-0.4, -0.2) is 68.5 Å². The third kappa shape index (κ3) is 35.2. The maximum Gasteiger partial charge on any atom is 0.268 e. The molecule has 0 aliphatic rings. The Morgan fingerprint density at radius 2 is 1.16 bits per heavy atom. The predicted octanol–water partition coefficient (Wildman–Crippen LogP) is 9.94. The molecule has 0 aromatic carbocycles. The molecule has 0 fully saturated rings. The average molecular weight is 715 g/mol. The fourth-order valence-electron chi connectivity index (χ4n) is 5.68. The highest BCUT2D eigenvalue weighted by Gasteiger charge is 2.23. The molecule has 0 aromatic heterocycles. The van der Waals surface area contributed by atoms with Crippen molar-refractivity contribution in [1.29, 1.82) is 0 Å². The summed E-state index contributed by atoms with van der Waals surface area (Å²) in [7, 11) is 1.23. The molecule has 8 nitrogen and oxygen atoms in total. The number of carbonyl (C=O) groups is 1. The van der Waals surface area contributed by atoms with E-state index in [1.165, 1.54) is 122 Å². The third-order valence-electron chi connectivity index (χ3n) is 8.97. The summed E-state index contributed by atoms with van der Waals surface area (Å²) in [5, 5.41) is 13.6. The van der Waals surface area contributed by atoms with Crippen molar-refractivity contribution in [3.8, 4) is 0 Å². The molecule has 0 radical (unpaired) electrons. The van der Waals surface area contributed by atoms with E-state index in [0.29, 0.717) is 17.4 Å². The number of aliphatic hydroxyl groups excluding tert-OH is 1. The standard InChI is InChI=1S/C40H79N2O6P/c1-6-8-10-12-14-16-17-18-19-20-21-22-23-24-26-28-30-32-34-40(44)41-38(37-48-49(45,46)47-36-35-42(3,4)5)39(43)33-31-29-27-25-15-13-11-9-7-2/h27,29,31,33,38-39,43H,6-26,28,30,32,34-37H2,1-5H3,(H-,41,44,45,46)/b29-27+,33-31+/t38-,39+/m0/s1. The summed E-state index contributed by atoms with van der Waals surface area (Å²) in [5.74, 6) is -0.216. The van der Waals surface area contributed by atoms with E-state index in [2.05, 4.69) is 25.2 Å². The molecule has 0 aliphatic heterocycles. The highest BCUT2D eigenvalue weighted by atomic mass is 31.2. The molecular formula is C40H79N2O6P. The minimum absolute atomic E-state index is 0.00758. The zero-order valence-corrected chi connectivity index (χ0v) is 33.5. The van der Waals surface area contributed by atoms with Crippen LogP contribution in [0.4, 0.5) is 0 Å². The summed E-state index contributed by atoms with van der Waals surface area (Å²) in [6.07, 6.45) is 36.7. The number of rotatable bonds is 36. The molecule has 3 atom stereocenters. The first-order valence-corrected chi connectivity index (χ1v) is 21.7. The Balaban J connectivity index is 4.38. The molecular weight excluding hydrogens is 635 g/mol. The maximum absolute atomic E-state index is 12.8. The van der Waals surface area contributed by atoms with Gasteiger partial charge in [0.1, 0.15) is 13.2 Å². The number of hydrogen-bond donors (Lipinski definition) is 2. The zero-order chi connectivity index (χ0) is 36.5. The van der Waals surface area contributed by atoms with Crippen LogP contribution >= 0.6 is 7.82 Å². The van der Waals surface area contributed by atoms with Crippen molar-refractivity contribution in [1.82, 2.24) is 5.32 Å². The highest BCUT2D eigenvalue weighted by Crippen LogP contribution is 2.38. The number of hydrogen-bond acceptors (Lipinski definition) is 6. The number of nitrogens with zero attached hydrogens (tertiary/aromatic N) is 1. The van der Waals surface area contributed by atoms with Gasteiger partial charge in [0.05, 0.1) is 39.9 Å². The van der Waals surface area contributed by atoms with Crippen LogP contribution in [-0.2, 0) is 18.4 Å². The second-order valence-electron chi connectivity index (χ2n) is 15.0. The highest BCUT2D eigenvalue weighted by molar-refractivity contribution is 7.45. The number of phosphoric ester groups is 1. The van der Waals surface area contributed by atoms with E-state index in [0.717, 1.165) is 32.1 Å². The van der Waals surface area contributed by atoms with Crippen LogP contribution in [0, 0.1) is 0 Å². The van der Waals surface area contributed by atoms with Crippen molar-refractivity contribution in [2.24, 2.45) is 0 Å². The summed E-state index contributed by atoms with van der Waals surface area (Å²) in [6, 6.07) is -0.911. The van der Waals surface area contributed by atoms with Gasteiger partial charge in [-0.3, -0.25) is 9.36 Å². The molecule has 290 valence electrons. The van der Waals surface area contributed by atoms with Crippen LogP contribution in [0.2, 0.25) is 0 Å². The monoisotopic (exact) mass is 715 g/mol. The lowest BCUT2D eigenvalue weighted by Crippen LogP contribution is -2.45. The van der Waals surface area contributed by atoms with Crippen LogP contribution < -0.4 is 10.2 Å². The summed E-state index contributed by atoms with van der Waals surface area (Å²) in [4.78, 5) is 25.1. The third-order valence-corrected chi connectivity index (χ3v) is 9.93. The van der Waals surface area contributed by atoms with Gasteiger partial charge in [0, 0.05) is 6.42 Å². The van der Waals surface area contributed by atoms with Crippen molar-refractivity contribution >= 4 is 13.7 Å². The number of likely N-dealkylation sites (N-methyl/N-ethyl adjacent to an activating group) is 1. The Morgan fingerprint density at radius 3 is 1.63 bits per heavy atom. The molecule has 49 heavy (non-hydrogen) atoms.